The van der Waals surface area contributed by atoms with E-state index in [-0.39, 0.29) is 11.5 Å². The van der Waals surface area contributed by atoms with Crippen molar-refractivity contribution in [2.45, 2.75) is 12.6 Å². The fraction of sp³-hybridized carbons (Fsp3) is 0.316. The van der Waals surface area contributed by atoms with Gasteiger partial charge in [-0.2, -0.15) is 13.2 Å². The molecule has 2 aromatic heterocycles. The molecule has 0 aliphatic carbocycles. The first-order chi connectivity index (χ1) is 13.4. The lowest BCUT2D eigenvalue weighted by Crippen LogP contribution is -2.35. The van der Waals surface area contributed by atoms with E-state index in [9.17, 15) is 18.0 Å². The maximum absolute atomic E-state index is 12.9. The molecule has 1 fully saturated rings. The molecule has 6 nitrogen and oxygen atoms in total. The van der Waals surface area contributed by atoms with Crippen molar-refractivity contribution in [2.24, 2.45) is 0 Å². The number of amides is 1. The van der Waals surface area contributed by atoms with Crippen LogP contribution < -0.4 is 4.90 Å². The van der Waals surface area contributed by atoms with E-state index in [1.807, 2.05) is 33.7 Å². The number of carbonyl (C=O) groups is 1. The summed E-state index contributed by atoms with van der Waals surface area (Å²) >= 11 is 0. The Hall–Kier alpha value is -3.10. The Kier molecular flexibility index (Phi) is 4.66. The van der Waals surface area contributed by atoms with Crippen molar-refractivity contribution < 1.29 is 18.0 Å². The summed E-state index contributed by atoms with van der Waals surface area (Å²) in [4.78, 5) is 16.4. The Morgan fingerprint density at radius 3 is 2.64 bits per heavy atom. The van der Waals surface area contributed by atoms with Gasteiger partial charge in [-0.05, 0) is 36.8 Å². The number of halogens is 3. The molecule has 0 saturated carbocycles. The summed E-state index contributed by atoms with van der Waals surface area (Å²) in [6, 6.07) is 10.2. The highest BCUT2D eigenvalue weighted by Crippen LogP contribution is 2.30. The first-order valence-corrected chi connectivity index (χ1v) is 8.95. The Morgan fingerprint density at radius 2 is 1.82 bits per heavy atom. The molecule has 0 N–H and O–H groups in total. The van der Waals surface area contributed by atoms with Crippen molar-refractivity contribution in [2.75, 3.05) is 31.1 Å². The number of pyridine rings is 1. The van der Waals surface area contributed by atoms with Gasteiger partial charge in [0.1, 0.15) is 0 Å². The van der Waals surface area contributed by atoms with Gasteiger partial charge >= 0.3 is 6.18 Å². The van der Waals surface area contributed by atoms with Crippen molar-refractivity contribution >= 4 is 17.5 Å². The van der Waals surface area contributed by atoms with Gasteiger partial charge in [-0.15, -0.1) is 10.2 Å². The SMILES string of the molecule is O=C(c1cccc(C(F)(F)F)c1)N1CCCN(c2nnc3ccccn23)CC1. The van der Waals surface area contributed by atoms with Crippen LogP contribution in [0.3, 0.4) is 0 Å². The molecule has 4 rings (SSSR count). The van der Waals surface area contributed by atoms with E-state index in [0.717, 1.165) is 17.8 Å². The monoisotopic (exact) mass is 389 g/mol. The van der Waals surface area contributed by atoms with Gasteiger partial charge in [0, 0.05) is 37.9 Å². The summed E-state index contributed by atoms with van der Waals surface area (Å²) in [7, 11) is 0. The Morgan fingerprint density at radius 1 is 0.964 bits per heavy atom. The molecule has 1 saturated heterocycles. The zero-order valence-electron chi connectivity index (χ0n) is 14.9. The van der Waals surface area contributed by atoms with E-state index in [0.29, 0.717) is 38.5 Å². The predicted octanol–water partition coefficient (Wildman–Crippen LogP) is 3.10. The zero-order chi connectivity index (χ0) is 19.7. The van der Waals surface area contributed by atoms with Crippen molar-refractivity contribution in [3.05, 3.63) is 59.8 Å². The van der Waals surface area contributed by atoms with Crippen molar-refractivity contribution in [3.63, 3.8) is 0 Å². The number of rotatable bonds is 2. The van der Waals surface area contributed by atoms with Crippen LogP contribution in [-0.4, -0.2) is 51.6 Å². The van der Waals surface area contributed by atoms with Crippen LogP contribution in [0.15, 0.2) is 48.7 Å². The molecule has 3 aromatic rings. The van der Waals surface area contributed by atoms with Crippen LogP contribution >= 0.6 is 0 Å². The lowest BCUT2D eigenvalue weighted by atomic mass is 10.1. The minimum absolute atomic E-state index is 0.0520. The highest BCUT2D eigenvalue weighted by atomic mass is 19.4. The highest BCUT2D eigenvalue weighted by molar-refractivity contribution is 5.94. The summed E-state index contributed by atoms with van der Waals surface area (Å²) in [5.74, 6) is 0.308. The molecule has 0 unspecified atom stereocenters. The zero-order valence-corrected chi connectivity index (χ0v) is 14.9. The first kappa shape index (κ1) is 18.3. The summed E-state index contributed by atoms with van der Waals surface area (Å²) in [6.45, 7) is 2.08. The van der Waals surface area contributed by atoms with Crippen LogP contribution in [0, 0.1) is 0 Å². The molecule has 0 atom stereocenters. The Bertz CT molecular complexity index is 1000. The van der Waals surface area contributed by atoms with Gasteiger partial charge in [-0.1, -0.05) is 12.1 Å². The lowest BCUT2D eigenvalue weighted by Gasteiger charge is -2.22. The number of carbonyl (C=O) groups excluding carboxylic acids is 1. The smallest absolute Gasteiger partial charge is 0.339 e. The quantitative estimate of drug-likeness (QED) is 0.676. The molecule has 28 heavy (non-hydrogen) atoms. The second kappa shape index (κ2) is 7.14. The van der Waals surface area contributed by atoms with Crippen LogP contribution in [0.1, 0.15) is 22.3 Å². The van der Waals surface area contributed by atoms with Crippen LogP contribution in [0.25, 0.3) is 5.65 Å². The lowest BCUT2D eigenvalue weighted by molar-refractivity contribution is -0.137. The van der Waals surface area contributed by atoms with Crippen LogP contribution in [0.2, 0.25) is 0 Å². The Balaban J connectivity index is 1.50. The number of hydrogen-bond acceptors (Lipinski definition) is 4. The number of anilines is 1. The van der Waals surface area contributed by atoms with Crippen LogP contribution in [-0.2, 0) is 6.18 Å². The summed E-state index contributed by atoms with van der Waals surface area (Å²) < 4.78 is 40.7. The average Bonchev–Trinajstić information content (AvgIpc) is 2.97. The topological polar surface area (TPSA) is 53.7 Å². The molecule has 1 aliphatic rings. The second-order valence-electron chi connectivity index (χ2n) is 6.64. The number of aromatic nitrogens is 3. The van der Waals surface area contributed by atoms with E-state index in [2.05, 4.69) is 10.2 Å². The van der Waals surface area contributed by atoms with Gasteiger partial charge in [-0.3, -0.25) is 9.20 Å². The normalized spacial score (nSPS) is 15.7. The molecule has 146 valence electrons. The maximum Gasteiger partial charge on any atom is 0.416 e. The van der Waals surface area contributed by atoms with E-state index < -0.39 is 11.7 Å². The molecule has 1 aliphatic heterocycles. The van der Waals surface area contributed by atoms with Crippen molar-refractivity contribution in [3.8, 4) is 0 Å². The summed E-state index contributed by atoms with van der Waals surface area (Å²) in [6.07, 6.45) is -1.91. The van der Waals surface area contributed by atoms with Crippen LogP contribution in [0.4, 0.5) is 19.1 Å². The van der Waals surface area contributed by atoms with E-state index in [4.69, 9.17) is 0 Å². The first-order valence-electron chi connectivity index (χ1n) is 8.95. The second-order valence-corrected chi connectivity index (χ2v) is 6.64. The molecule has 1 aromatic carbocycles. The summed E-state index contributed by atoms with van der Waals surface area (Å²) in [5.41, 5.74) is -0.0282. The van der Waals surface area contributed by atoms with Gasteiger partial charge < -0.3 is 9.80 Å². The van der Waals surface area contributed by atoms with Gasteiger partial charge in [-0.25, -0.2) is 0 Å². The van der Waals surface area contributed by atoms with Crippen molar-refractivity contribution in [1.29, 1.82) is 0 Å². The molecule has 0 radical (unpaired) electrons. The average molecular weight is 389 g/mol. The number of benzene rings is 1. The largest absolute Gasteiger partial charge is 0.416 e. The third-order valence-corrected chi connectivity index (χ3v) is 4.80. The third-order valence-electron chi connectivity index (χ3n) is 4.80. The fourth-order valence-corrected chi connectivity index (χ4v) is 3.38. The predicted molar refractivity (Wildman–Crippen MR) is 97.2 cm³/mol. The number of nitrogens with zero attached hydrogens (tertiary/aromatic N) is 5. The minimum Gasteiger partial charge on any atom is -0.339 e. The summed E-state index contributed by atoms with van der Waals surface area (Å²) in [5, 5.41) is 8.38. The third kappa shape index (κ3) is 3.51. The van der Waals surface area contributed by atoms with E-state index in [1.165, 1.54) is 12.1 Å². The molecule has 9 heteroatoms. The number of alkyl halides is 3. The standard InChI is InChI=1S/C19H18F3N5O/c20-19(21,22)15-6-3-5-14(13-15)17(28)25-8-4-9-26(12-11-25)18-24-23-16-7-1-2-10-27(16)18/h1-3,5-7,10,13H,4,8-9,11-12H2. The molecular weight excluding hydrogens is 371 g/mol. The minimum atomic E-state index is -4.47. The van der Waals surface area contributed by atoms with Crippen molar-refractivity contribution in [1.82, 2.24) is 19.5 Å². The highest BCUT2D eigenvalue weighted by Gasteiger charge is 2.31. The molecule has 0 spiro atoms. The molecule has 1 amide bonds. The van der Waals surface area contributed by atoms with Crippen LogP contribution in [0.5, 0.6) is 0 Å². The van der Waals surface area contributed by atoms with Gasteiger partial charge in [0.25, 0.3) is 5.91 Å². The van der Waals surface area contributed by atoms with Gasteiger partial charge in [0.2, 0.25) is 5.95 Å². The van der Waals surface area contributed by atoms with Gasteiger partial charge in [0.05, 0.1) is 5.56 Å². The van der Waals surface area contributed by atoms with Gasteiger partial charge in [0.15, 0.2) is 5.65 Å². The molecular formula is C19H18F3N5O. The Labute approximate surface area is 159 Å². The fourth-order valence-electron chi connectivity index (χ4n) is 3.38. The van der Waals surface area contributed by atoms with E-state index in [1.54, 1.807) is 4.90 Å². The molecule has 0 bridgehead atoms. The molecule has 3 heterocycles. The van der Waals surface area contributed by atoms with E-state index >= 15 is 0 Å². The number of fused-ring (bicyclic) bond motifs is 1. The number of hydrogen-bond donors (Lipinski definition) is 0. The maximum atomic E-state index is 12.9.